The summed E-state index contributed by atoms with van der Waals surface area (Å²) in [5.41, 5.74) is -0.190. The lowest BCUT2D eigenvalue weighted by Gasteiger charge is -2.27. The number of hydrogen-bond acceptors (Lipinski definition) is 3. The van der Waals surface area contributed by atoms with Crippen LogP contribution in [0.25, 0.3) is 0 Å². The summed E-state index contributed by atoms with van der Waals surface area (Å²) in [5, 5.41) is 0. The van der Waals surface area contributed by atoms with E-state index in [1.165, 1.54) is 19.2 Å². The SMILES string of the molecule is C#Cc1cc(OC)cc(N(CC(F)F)C(=O)OC(C)(C)C)c1. The zero-order valence-corrected chi connectivity index (χ0v) is 13.0. The van der Waals surface area contributed by atoms with Crippen molar-refractivity contribution in [3.05, 3.63) is 23.8 Å². The number of hydrogen-bond donors (Lipinski definition) is 0. The van der Waals surface area contributed by atoms with Gasteiger partial charge in [0.05, 0.1) is 19.3 Å². The summed E-state index contributed by atoms with van der Waals surface area (Å²) >= 11 is 0. The van der Waals surface area contributed by atoms with Crippen LogP contribution >= 0.6 is 0 Å². The highest BCUT2D eigenvalue weighted by Crippen LogP contribution is 2.26. The summed E-state index contributed by atoms with van der Waals surface area (Å²) in [6.45, 7) is 4.17. The van der Waals surface area contributed by atoms with Crippen molar-refractivity contribution in [3.63, 3.8) is 0 Å². The van der Waals surface area contributed by atoms with Crippen LogP contribution in [0.1, 0.15) is 26.3 Å². The Morgan fingerprint density at radius 1 is 1.36 bits per heavy atom. The Balaban J connectivity index is 3.22. The van der Waals surface area contributed by atoms with Crippen molar-refractivity contribution >= 4 is 11.8 Å². The molecular formula is C16H19F2NO3. The molecule has 22 heavy (non-hydrogen) atoms. The quantitative estimate of drug-likeness (QED) is 0.796. The number of alkyl halides is 2. The highest BCUT2D eigenvalue weighted by Gasteiger charge is 2.26. The Kier molecular flexibility index (Phi) is 5.75. The first-order valence-corrected chi connectivity index (χ1v) is 6.60. The summed E-state index contributed by atoms with van der Waals surface area (Å²) in [5.74, 6) is 2.76. The number of nitrogens with zero attached hydrogens (tertiary/aromatic N) is 1. The molecule has 0 bridgehead atoms. The third-order valence-corrected chi connectivity index (χ3v) is 2.54. The van der Waals surface area contributed by atoms with Crippen molar-refractivity contribution in [2.45, 2.75) is 32.8 Å². The van der Waals surface area contributed by atoms with Crippen molar-refractivity contribution in [2.75, 3.05) is 18.6 Å². The minimum atomic E-state index is -2.71. The predicted molar refractivity (Wildman–Crippen MR) is 80.5 cm³/mol. The van der Waals surface area contributed by atoms with Crippen LogP contribution in [0.2, 0.25) is 0 Å². The van der Waals surface area contributed by atoms with Crippen LogP contribution in [0.4, 0.5) is 19.3 Å². The summed E-state index contributed by atoms with van der Waals surface area (Å²) in [7, 11) is 1.42. The number of carbonyl (C=O) groups is 1. The summed E-state index contributed by atoms with van der Waals surface area (Å²) in [6.07, 6.45) is 1.75. The highest BCUT2D eigenvalue weighted by atomic mass is 19.3. The molecule has 0 spiro atoms. The maximum atomic E-state index is 12.8. The van der Waals surface area contributed by atoms with Crippen LogP contribution < -0.4 is 9.64 Å². The first-order chi connectivity index (χ1) is 10.2. The third kappa shape index (κ3) is 5.24. The second-order valence-electron chi connectivity index (χ2n) is 5.55. The van der Waals surface area contributed by atoms with Crippen molar-refractivity contribution in [3.8, 4) is 18.1 Å². The van der Waals surface area contributed by atoms with E-state index >= 15 is 0 Å². The molecule has 0 aliphatic rings. The Bertz CT molecular complexity index is 574. The second-order valence-corrected chi connectivity index (χ2v) is 5.55. The van der Waals surface area contributed by atoms with Gasteiger partial charge in [-0.25, -0.2) is 13.6 Å². The molecule has 4 nitrogen and oxygen atoms in total. The molecule has 0 aliphatic carbocycles. The normalized spacial score (nSPS) is 11.0. The molecule has 0 aliphatic heterocycles. The number of benzene rings is 1. The van der Waals surface area contributed by atoms with E-state index in [1.807, 2.05) is 0 Å². The van der Waals surface area contributed by atoms with Gasteiger partial charge in [0.15, 0.2) is 0 Å². The molecule has 1 aromatic carbocycles. The molecular weight excluding hydrogens is 292 g/mol. The van der Waals surface area contributed by atoms with Crippen LogP contribution in [0, 0.1) is 12.3 Å². The maximum absolute atomic E-state index is 12.8. The molecule has 1 aromatic rings. The fourth-order valence-corrected chi connectivity index (χ4v) is 1.68. The Morgan fingerprint density at radius 3 is 2.45 bits per heavy atom. The first kappa shape index (κ1) is 17.8. The Labute approximate surface area is 129 Å². The molecule has 0 heterocycles. The highest BCUT2D eigenvalue weighted by molar-refractivity contribution is 5.88. The predicted octanol–water partition coefficient (Wildman–Crippen LogP) is 3.68. The van der Waals surface area contributed by atoms with Gasteiger partial charge in [0.25, 0.3) is 6.43 Å². The molecule has 0 aromatic heterocycles. The number of methoxy groups -OCH3 is 1. The fraction of sp³-hybridized carbons (Fsp3) is 0.438. The lowest BCUT2D eigenvalue weighted by molar-refractivity contribution is 0.0543. The van der Waals surface area contributed by atoms with E-state index in [0.29, 0.717) is 11.3 Å². The van der Waals surface area contributed by atoms with Crippen molar-refractivity contribution < 1.29 is 23.0 Å². The van der Waals surface area contributed by atoms with E-state index < -0.39 is 24.7 Å². The fourth-order valence-electron chi connectivity index (χ4n) is 1.68. The monoisotopic (exact) mass is 311 g/mol. The molecule has 0 saturated heterocycles. The molecule has 6 heteroatoms. The van der Waals surface area contributed by atoms with Crippen LogP contribution in [-0.4, -0.2) is 31.8 Å². The van der Waals surface area contributed by atoms with Gasteiger partial charge in [-0.05, 0) is 32.9 Å². The minimum Gasteiger partial charge on any atom is -0.497 e. The van der Waals surface area contributed by atoms with Crippen molar-refractivity contribution in [2.24, 2.45) is 0 Å². The van der Waals surface area contributed by atoms with Gasteiger partial charge in [0, 0.05) is 11.6 Å². The molecule has 0 atom stereocenters. The standard InChI is InChI=1S/C16H19F2NO3/c1-6-11-7-12(9-13(8-11)21-5)19(10-14(17)18)15(20)22-16(2,3)4/h1,7-9,14H,10H2,2-5H3. The van der Waals surface area contributed by atoms with Crippen LogP contribution in [-0.2, 0) is 4.74 Å². The number of anilines is 1. The van der Waals surface area contributed by atoms with Gasteiger partial charge < -0.3 is 9.47 Å². The van der Waals surface area contributed by atoms with Crippen LogP contribution in [0.15, 0.2) is 18.2 Å². The van der Waals surface area contributed by atoms with E-state index in [9.17, 15) is 13.6 Å². The molecule has 0 radical (unpaired) electrons. The zero-order valence-electron chi connectivity index (χ0n) is 13.0. The van der Waals surface area contributed by atoms with Crippen molar-refractivity contribution in [1.82, 2.24) is 0 Å². The number of ether oxygens (including phenoxy) is 2. The Morgan fingerprint density at radius 2 is 2.00 bits per heavy atom. The van der Waals surface area contributed by atoms with E-state index in [-0.39, 0.29) is 5.69 Å². The van der Waals surface area contributed by atoms with Gasteiger partial charge in [0.2, 0.25) is 0 Å². The molecule has 120 valence electrons. The van der Waals surface area contributed by atoms with Crippen molar-refractivity contribution in [1.29, 1.82) is 0 Å². The topological polar surface area (TPSA) is 38.8 Å². The minimum absolute atomic E-state index is 0.196. The number of amides is 1. The van der Waals surface area contributed by atoms with Gasteiger partial charge in [-0.3, -0.25) is 4.90 Å². The van der Waals surface area contributed by atoms with Gasteiger partial charge in [-0.1, -0.05) is 5.92 Å². The molecule has 1 rings (SSSR count). The number of halogens is 2. The van der Waals surface area contributed by atoms with Crippen LogP contribution in [0.3, 0.4) is 0 Å². The van der Waals surface area contributed by atoms with E-state index in [4.69, 9.17) is 15.9 Å². The zero-order chi connectivity index (χ0) is 16.9. The average molecular weight is 311 g/mol. The largest absolute Gasteiger partial charge is 0.497 e. The summed E-state index contributed by atoms with van der Waals surface area (Å²) in [4.78, 5) is 13.0. The average Bonchev–Trinajstić information content (AvgIpc) is 2.41. The van der Waals surface area contributed by atoms with E-state index in [1.54, 1.807) is 26.8 Å². The van der Waals surface area contributed by atoms with Gasteiger partial charge in [-0.15, -0.1) is 6.42 Å². The number of terminal acetylenes is 1. The van der Waals surface area contributed by atoms with Gasteiger partial charge in [0.1, 0.15) is 11.4 Å². The smallest absolute Gasteiger partial charge is 0.414 e. The maximum Gasteiger partial charge on any atom is 0.414 e. The third-order valence-electron chi connectivity index (χ3n) is 2.54. The Hall–Kier alpha value is -2.29. The summed E-state index contributed by atoms with van der Waals surface area (Å²) in [6, 6.07) is 4.47. The molecule has 0 fully saturated rings. The lowest BCUT2D eigenvalue weighted by atomic mass is 10.1. The van der Waals surface area contributed by atoms with Crippen LogP contribution in [0.5, 0.6) is 5.75 Å². The lowest BCUT2D eigenvalue weighted by Crippen LogP contribution is -2.39. The summed E-state index contributed by atoms with van der Waals surface area (Å²) < 4.78 is 35.8. The van der Waals surface area contributed by atoms with Gasteiger partial charge in [-0.2, -0.15) is 0 Å². The molecule has 0 N–H and O–H groups in total. The second kappa shape index (κ2) is 7.12. The number of carbonyl (C=O) groups excluding carboxylic acids is 1. The van der Waals surface area contributed by atoms with E-state index in [2.05, 4.69) is 5.92 Å². The molecule has 0 unspecified atom stereocenters. The van der Waals surface area contributed by atoms with E-state index in [0.717, 1.165) is 4.90 Å². The van der Waals surface area contributed by atoms with Gasteiger partial charge >= 0.3 is 6.09 Å². The molecule has 0 saturated carbocycles. The molecule has 1 amide bonds. The number of rotatable bonds is 4. The first-order valence-electron chi connectivity index (χ1n) is 6.60.